The number of hydrogen-bond donors (Lipinski definition) is 3. The molecule has 0 spiro atoms. The van der Waals surface area contributed by atoms with Crippen LogP contribution in [0.25, 0.3) is 0 Å². The SMILES string of the molecule is CCOC(=O)Cc1csc(NN=Cc2ccc(S(=O)(=O)O)c(N)c2)n1. The second-order valence-corrected chi connectivity index (χ2v) is 7.02. The van der Waals surface area contributed by atoms with Crippen LogP contribution in [0.4, 0.5) is 10.8 Å². The minimum absolute atomic E-state index is 0.0857. The number of hydrogen-bond acceptors (Lipinski definition) is 9. The summed E-state index contributed by atoms with van der Waals surface area (Å²) in [5.74, 6) is -0.350. The number of carbonyl (C=O) groups excluding carboxylic acids is 1. The summed E-state index contributed by atoms with van der Waals surface area (Å²) in [4.78, 5) is 15.2. The van der Waals surface area contributed by atoms with E-state index < -0.39 is 10.1 Å². The van der Waals surface area contributed by atoms with E-state index in [9.17, 15) is 13.2 Å². The van der Waals surface area contributed by atoms with Gasteiger partial charge in [-0.05, 0) is 24.6 Å². The molecule has 2 aromatic rings. The van der Waals surface area contributed by atoms with Crippen molar-refractivity contribution in [3.63, 3.8) is 0 Å². The first-order valence-corrected chi connectivity index (χ1v) is 9.37. The summed E-state index contributed by atoms with van der Waals surface area (Å²) in [6.45, 7) is 2.05. The quantitative estimate of drug-likeness (QED) is 0.214. The third kappa shape index (κ3) is 5.52. The van der Waals surface area contributed by atoms with Gasteiger partial charge in [0.2, 0.25) is 5.13 Å². The van der Waals surface area contributed by atoms with E-state index in [0.29, 0.717) is 23.0 Å². The lowest BCUT2D eigenvalue weighted by molar-refractivity contribution is -0.142. The number of nitrogens with two attached hydrogens (primary N) is 1. The van der Waals surface area contributed by atoms with E-state index in [-0.39, 0.29) is 23.0 Å². The second kappa shape index (κ2) is 8.05. The number of thiazole rings is 1. The minimum Gasteiger partial charge on any atom is -0.466 e. The molecule has 11 heteroatoms. The Balaban J connectivity index is 1.98. The van der Waals surface area contributed by atoms with Gasteiger partial charge in [0.1, 0.15) is 4.90 Å². The van der Waals surface area contributed by atoms with Gasteiger partial charge in [-0.1, -0.05) is 6.07 Å². The lowest BCUT2D eigenvalue weighted by Crippen LogP contribution is -2.07. The van der Waals surface area contributed by atoms with E-state index in [2.05, 4.69) is 15.5 Å². The third-order valence-electron chi connectivity index (χ3n) is 2.87. The molecule has 0 aliphatic rings. The van der Waals surface area contributed by atoms with Crippen LogP contribution in [0.5, 0.6) is 0 Å². The minimum atomic E-state index is -4.36. The number of carbonyl (C=O) groups is 1. The van der Waals surface area contributed by atoms with E-state index in [1.165, 1.54) is 35.8 Å². The number of aromatic nitrogens is 1. The zero-order valence-electron chi connectivity index (χ0n) is 13.2. The monoisotopic (exact) mass is 384 g/mol. The highest BCUT2D eigenvalue weighted by Gasteiger charge is 2.13. The molecule has 134 valence electrons. The highest BCUT2D eigenvalue weighted by molar-refractivity contribution is 7.86. The van der Waals surface area contributed by atoms with Gasteiger partial charge in [-0.3, -0.25) is 14.8 Å². The van der Waals surface area contributed by atoms with Crippen LogP contribution in [0, 0.1) is 0 Å². The first kappa shape index (κ1) is 18.8. The molecule has 9 nitrogen and oxygen atoms in total. The van der Waals surface area contributed by atoms with Crippen LogP contribution in [0.15, 0.2) is 33.6 Å². The van der Waals surface area contributed by atoms with Crippen LogP contribution in [-0.4, -0.2) is 36.7 Å². The van der Waals surface area contributed by atoms with Crippen molar-refractivity contribution in [2.75, 3.05) is 17.8 Å². The van der Waals surface area contributed by atoms with Gasteiger partial charge in [-0.2, -0.15) is 13.5 Å². The van der Waals surface area contributed by atoms with Gasteiger partial charge in [0.25, 0.3) is 10.1 Å². The van der Waals surface area contributed by atoms with Gasteiger partial charge >= 0.3 is 5.97 Å². The highest BCUT2D eigenvalue weighted by atomic mass is 32.2. The summed E-state index contributed by atoms with van der Waals surface area (Å²) in [5, 5.41) is 6.16. The molecular formula is C14H16N4O5S2. The number of hydrazone groups is 1. The van der Waals surface area contributed by atoms with Crippen LogP contribution in [0.3, 0.4) is 0 Å². The summed E-state index contributed by atoms with van der Waals surface area (Å²) in [7, 11) is -4.36. The normalized spacial score (nSPS) is 11.6. The molecule has 0 saturated carbocycles. The summed E-state index contributed by atoms with van der Waals surface area (Å²) < 4.78 is 36.0. The largest absolute Gasteiger partial charge is 0.466 e. The van der Waals surface area contributed by atoms with Crippen LogP contribution in [-0.2, 0) is 26.1 Å². The van der Waals surface area contributed by atoms with Crippen molar-refractivity contribution in [1.82, 2.24) is 4.98 Å². The van der Waals surface area contributed by atoms with Crippen molar-refractivity contribution in [2.45, 2.75) is 18.2 Å². The molecular weight excluding hydrogens is 368 g/mol. The molecule has 0 amide bonds. The Kier molecular flexibility index (Phi) is 6.07. The molecule has 1 heterocycles. The second-order valence-electron chi connectivity index (χ2n) is 4.77. The topological polar surface area (TPSA) is 144 Å². The number of rotatable bonds is 7. The fourth-order valence-electron chi connectivity index (χ4n) is 1.84. The molecule has 4 N–H and O–H groups in total. The molecule has 0 atom stereocenters. The number of nitrogens with one attached hydrogen (secondary N) is 1. The standard InChI is InChI=1S/C14H16N4O5S2/c1-2-23-13(19)6-10-8-24-14(17-10)18-16-7-9-3-4-12(11(15)5-9)25(20,21)22/h3-5,7-8H,2,6,15H2,1H3,(H,17,18)(H,20,21,22). The van der Waals surface area contributed by atoms with Crippen molar-refractivity contribution in [3.05, 3.63) is 34.8 Å². The number of benzene rings is 1. The molecule has 1 aromatic heterocycles. The van der Waals surface area contributed by atoms with E-state index in [1.54, 1.807) is 12.3 Å². The smallest absolute Gasteiger partial charge is 0.311 e. The van der Waals surface area contributed by atoms with E-state index >= 15 is 0 Å². The summed E-state index contributed by atoms with van der Waals surface area (Å²) >= 11 is 1.27. The predicted molar refractivity (Wildman–Crippen MR) is 94.3 cm³/mol. The van der Waals surface area contributed by atoms with Gasteiger partial charge in [-0.15, -0.1) is 11.3 Å². The maximum Gasteiger partial charge on any atom is 0.311 e. The van der Waals surface area contributed by atoms with Crippen LogP contribution < -0.4 is 11.2 Å². The number of nitrogen functional groups attached to an aromatic ring is 1. The van der Waals surface area contributed by atoms with Crippen molar-refractivity contribution in [2.24, 2.45) is 5.10 Å². The first-order valence-electron chi connectivity index (χ1n) is 7.05. The average Bonchev–Trinajstić information content (AvgIpc) is 2.93. The van der Waals surface area contributed by atoms with E-state index in [4.69, 9.17) is 15.0 Å². The molecule has 25 heavy (non-hydrogen) atoms. The predicted octanol–water partition coefficient (Wildman–Crippen LogP) is 1.52. The Morgan fingerprint density at radius 2 is 2.28 bits per heavy atom. The Labute approximate surface area is 148 Å². The summed E-state index contributed by atoms with van der Waals surface area (Å²) in [6, 6.07) is 3.99. The lowest BCUT2D eigenvalue weighted by Gasteiger charge is -2.02. The molecule has 0 saturated heterocycles. The van der Waals surface area contributed by atoms with E-state index in [0.717, 1.165) is 0 Å². The van der Waals surface area contributed by atoms with E-state index in [1.807, 2.05) is 0 Å². The lowest BCUT2D eigenvalue weighted by atomic mass is 10.2. The van der Waals surface area contributed by atoms with Crippen LogP contribution in [0.1, 0.15) is 18.2 Å². The zero-order chi connectivity index (χ0) is 18.4. The van der Waals surface area contributed by atoms with Crippen molar-refractivity contribution < 1.29 is 22.5 Å². The average molecular weight is 384 g/mol. The van der Waals surface area contributed by atoms with Crippen molar-refractivity contribution >= 4 is 44.5 Å². The fraction of sp³-hybridized carbons (Fsp3) is 0.214. The first-order chi connectivity index (χ1) is 11.8. The Hall–Kier alpha value is -2.50. The summed E-state index contributed by atoms with van der Waals surface area (Å²) in [6.07, 6.45) is 1.50. The van der Waals surface area contributed by atoms with Gasteiger partial charge in [0.05, 0.1) is 30.6 Å². The number of esters is 1. The molecule has 1 aromatic carbocycles. The number of anilines is 2. The highest BCUT2D eigenvalue weighted by Crippen LogP contribution is 2.19. The maximum atomic E-state index is 11.4. The molecule has 0 radical (unpaired) electrons. The molecule has 0 bridgehead atoms. The van der Waals surface area contributed by atoms with Gasteiger partial charge in [0.15, 0.2) is 0 Å². The fourth-order valence-corrected chi connectivity index (χ4v) is 3.10. The molecule has 0 aliphatic carbocycles. The summed E-state index contributed by atoms with van der Waals surface area (Å²) in [5.41, 5.74) is 9.30. The van der Waals surface area contributed by atoms with Crippen molar-refractivity contribution in [1.29, 1.82) is 0 Å². The molecule has 0 aliphatic heterocycles. The van der Waals surface area contributed by atoms with Gasteiger partial charge in [-0.25, -0.2) is 4.98 Å². The van der Waals surface area contributed by atoms with Crippen LogP contribution in [0.2, 0.25) is 0 Å². The Bertz CT molecular complexity index is 892. The number of ether oxygens (including phenoxy) is 1. The van der Waals surface area contributed by atoms with Crippen LogP contribution >= 0.6 is 11.3 Å². The third-order valence-corrected chi connectivity index (χ3v) is 4.59. The Morgan fingerprint density at radius 1 is 1.52 bits per heavy atom. The Morgan fingerprint density at radius 3 is 2.92 bits per heavy atom. The van der Waals surface area contributed by atoms with Gasteiger partial charge in [0, 0.05) is 5.38 Å². The zero-order valence-corrected chi connectivity index (χ0v) is 14.8. The molecule has 2 rings (SSSR count). The van der Waals surface area contributed by atoms with Gasteiger partial charge < -0.3 is 10.5 Å². The molecule has 0 unspecified atom stereocenters. The molecule has 0 fully saturated rings. The number of nitrogens with zero attached hydrogens (tertiary/aromatic N) is 2. The maximum absolute atomic E-state index is 11.4. The van der Waals surface area contributed by atoms with Crippen molar-refractivity contribution in [3.8, 4) is 0 Å².